The summed E-state index contributed by atoms with van der Waals surface area (Å²) in [6.07, 6.45) is 0. The number of likely N-dealkylation sites (N-methyl/N-ethyl adjacent to an activating group) is 2. The number of hydrogen-bond donors (Lipinski definition) is 2. The van der Waals surface area contributed by atoms with Gasteiger partial charge in [0.05, 0.1) is 5.56 Å². The highest BCUT2D eigenvalue weighted by Crippen LogP contribution is 2.21. The molecular weight excluding hydrogens is 254 g/mol. The number of nitrogens with two attached hydrogens (primary N) is 1. The van der Waals surface area contributed by atoms with Crippen molar-refractivity contribution in [3.63, 3.8) is 0 Å². The number of pyridine rings is 1. The summed E-state index contributed by atoms with van der Waals surface area (Å²) < 4.78 is 0. The summed E-state index contributed by atoms with van der Waals surface area (Å²) >= 11 is 0. The molecule has 0 radical (unpaired) electrons. The molecule has 0 spiro atoms. The molecule has 1 atom stereocenters. The van der Waals surface area contributed by atoms with E-state index in [0.717, 1.165) is 24.6 Å². The Morgan fingerprint density at radius 2 is 2.10 bits per heavy atom. The van der Waals surface area contributed by atoms with E-state index in [0.29, 0.717) is 5.56 Å². The van der Waals surface area contributed by atoms with Crippen molar-refractivity contribution in [2.75, 3.05) is 32.1 Å². The minimum Gasteiger partial charge on any atom is -0.409 e. The van der Waals surface area contributed by atoms with Crippen LogP contribution in [0.1, 0.15) is 25.1 Å². The van der Waals surface area contributed by atoms with Gasteiger partial charge in [-0.25, -0.2) is 4.98 Å². The van der Waals surface area contributed by atoms with Gasteiger partial charge in [-0.2, -0.15) is 0 Å². The van der Waals surface area contributed by atoms with Gasteiger partial charge in [0, 0.05) is 24.8 Å². The lowest BCUT2D eigenvalue weighted by Crippen LogP contribution is -2.41. The van der Waals surface area contributed by atoms with Crippen LogP contribution in [0.4, 0.5) is 5.82 Å². The minimum absolute atomic E-state index is 0.0861. The number of oxime groups is 1. The fourth-order valence-corrected chi connectivity index (χ4v) is 2.31. The van der Waals surface area contributed by atoms with Crippen LogP contribution in [0.3, 0.4) is 0 Å². The van der Waals surface area contributed by atoms with Crippen LogP contribution >= 0.6 is 0 Å². The molecule has 0 bridgehead atoms. The van der Waals surface area contributed by atoms with Crippen molar-refractivity contribution in [1.82, 2.24) is 9.88 Å². The Hall–Kier alpha value is -1.82. The molecule has 6 heteroatoms. The van der Waals surface area contributed by atoms with Gasteiger partial charge in [-0.05, 0) is 47.0 Å². The van der Waals surface area contributed by atoms with E-state index in [2.05, 4.69) is 33.8 Å². The monoisotopic (exact) mass is 279 g/mol. The molecule has 6 nitrogen and oxygen atoms in total. The molecule has 0 amide bonds. The normalized spacial score (nSPS) is 13.6. The molecule has 3 N–H and O–H groups in total. The molecule has 1 unspecified atom stereocenters. The zero-order valence-corrected chi connectivity index (χ0v) is 13.0. The van der Waals surface area contributed by atoms with E-state index in [1.54, 1.807) is 0 Å². The van der Waals surface area contributed by atoms with Crippen LogP contribution in [0.2, 0.25) is 0 Å². The zero-order chi connectivity index (χ0) is 15.3. The van der Waals surface area contributed by atoms with E-state index in [-0.39, 0.29) is 11.9 Å². The molecule has 1 rings (SSSR count). The maximum Gasteiger partial charge on any atom is 0.173 e. The van der Waals surface area contributed by atoms with Crippen molar-refractivity contribution in [2.24, 2.45) is 10.9 Å². The number of aromatic nitrogens is 1. The van der Waals surface area contributed by atoms with E-state index >= 15 is 0 Å². The molecule has 1 aromatic rings. The van der Waals surface area contributed by atoms with Crippen LogP contribution in [-0.4, -0.2) is 54.2 Å². The highest BCUT2D eigenvalue weighted by atomic mass is 16.4. The first-order valence-electron chi connectivity index (χ1n) is 6.77. The molecule has 112 valence electrons. The number of aryl methyl sites for hydroxylation is 1. The summed E-state index contributed by atoms with van der Waals surface area (Å²) in [6, 6.07) is 3.98. The fourth-order valence-electron chi connectivity index (χ4n) is 2.31. The molecule has 0 aliphatic heterocycles. The van der Waals surface area contributed by atoms with Crippen molar-refractivity contribution >= 4 is 11.7 Å². The maximum atomic E-state index is 8.93. The van der Waals surface area contributed by atoms with Gasteiger partial charge in [0.2, 0.25) is 0 Å². The molecule has 0 aliphatic rings. The summed E-state index contributed by atoms with van der Waals surface area (Å²) in [5, 5.41) is 12.0. The SMILES string of the molecule is CCN(c1nc(C)ccc1/C(N)=N/O)C(C)CN(C)C. The van der Waals surface area contributed by atoms with Crippen LogP contribution in [0.15, 0.2) is 17.3 Å². The summed E-state index contributed by atoms with van der Waals surface area (Å²) in [5.41, 5.74) is 7.33. The lowest BCUT2D eigenvalue weighted by molar-refractivity contribution is 0.318. The number of nitrogens with zero attached hydrogens (tertiary/aromatic N) is 4. The lowest BCUT2D eigenvalue weighted by atomic mass is 10.1. The zero-order valence-electron chi connectivity index (χ0n) is 13.0. The van der Waals surface area contributed by atoms with Crippen molar-refractivity contribution < 1.29 is 5.21 Å². The first-order chi connectivity index (χ1) is 9.40. The second-order valence-corrected chi connectivity index (χ2v) is 5.21. The topological polar surface area (TPSA) is 78.0 Å². The predicted molar refractivity (Wildman–Crippen MR) is 82.5 cm³/mol. The Kier molecular flexibility index (Phi) is 5.76. The number of hydrogen-bond acceptors (Lipinski definition) is 5. The third-order valence-corrected chi connectivity index (χ3v) is 3.17. The van der Waals surface area contributed by atoms with Crippen LogP contribution in [0.25, 0.3) is 0 Å². The molecule has 0 saturated heterocycles. The molecule has 0 fully saturated rings. The third kappa shape index (κ3) is 3.84. The molecule has 20 heavy (non-hydrogen) atoms. The van der Waals surface area contributed by atoms with Gasteiger partial charge in [-0.3, -0.25) is 0 Å². The van der Waals surface area contributed by atoms with Gasteiger partial charge in [0.25, 0.3) is 0 Å². The minimum atomic E-state index is 0.0861. The second kappa shape index (κ2) is 7.09. The average Bonchev–Trinajstić information content (AvgIpc) is 2.38. The average molecular weight is 279 g/mol. The van der Waals surface area contributed by atoms with E-state index in [4.69, 9.17) is 10.9 Å². The van der Waals surface area contributed by atoms with E-state index in [9.17, 15) is 0 Å². The second-order valence-electron chi connectivity index (χ2n) is 5.21. The highest BCUT2D eigenvalue weighted by molar-refractivity contribution is 6.01. The number of amidine groups is 1. The third-order valence-electron chi connectivity index (χ3n) is 3.17. The van der Waals surface area contributed by atoms with Gasteiger partial charge in [0.1, 0.15) is 5.82 Å². The van der Waals surface area contributed by atoms with Gasteiger partial charge in [-0.15, -0.1) is 0 Å². The van der Waals surface area contributed by atoms with E-state index in [1.165, 1.54) is 0 Å². The summed E-state index contributed by atoms with van der Waals surface area (Å²) in [5.74, 6) is 0.847. The Morgan fingerprint density at radius 3 is 2.60 bits per heavy atom. The van der Waals surface area contributed by atoms with Crippen molar-refractivity contribution in [1.29, 1.82) is 0 Å². The molecule has 0 saturated carbocycles. The van der Waals surface area contributed by atoms with Crippen LogP contribution in [-0.2, 0) is 0 Å². The molecule has 0 aliphatic carbocycles. The Bertz CT molecular complexity index is 473. The van der Waals surface area contributed by atoms with Gasteiger partial charge < -0.3 is 20.7 Å². The summed E-state index contributed by atoms with van der Waals surface area (Å²) in [4.78, 5) is 8.88. The van der Waals surface area contributed by atoms with Gasteiger partial charge >= 0.3 is 0 Å². The summed E-state index contributed by atoms with van der Waals surface area (Å²) in [6.45, 7) is 7.86. The first-order valence-corrected chi connectivity index (χ1v) is 6.77. The largest absolute Gasteiger partial charge is 0.409 e. The molecule has 1 aromatic heterocycles. The fraction of sp³-hybridized carbons (Fsp3) is 0.571. The standard InChI is InChI=1S/C14H25N5O/c1-6-19(11(3)9-18(4)5)14-12(13(15)17-20)8-7-10(2)16-14/h7-8,11,20H,6,9H2,1-5H3,(H2,15,17). The Balaban J connectivity index is 3.22. The first kappa shape index (κ1) is 16.2. The Labute approximate surface area is 120 Å². The predicted octanol–water partition coefficient (Wildman–Crippen LogP) is 1.26. The Morgan fingerprint density at radius 1 is 1.45 bits per heavy atom. The van der Waals surface area contributed by atoms with Crippen LogP contribution in [0, 0.1) is 6.92 Å². The quantitative estimate of drug-likeness (QED) is 0.355. The lowest BCUT2D eigenvalue weighted by Gasteiger charge is -2.32. The molecule has 1 heterocycles. The number of rotatable bonds is 6. The van der Waals surface area contributed by atoms with Crippen molar-refractivity contribution in [3.05, 3.63) is 23.4 Å². The van der Waals surface area contributed by atoms with Crippen LogP contribution < -0.4 is 10.6 Å². The van der Waals surface area contributed by atoms with E-state index < -0.39 is 0 Å². The van der Waals surface area contributed by atoms with Crippen molar-refractivity contribution in [3.8, 4) is 0 Å². The van der Waals surface area contributed by atoms with E-state index in [1.807, 2.05) is 33.2 Å². The smallest absolute Gasteiger partial charge is 0.173 e. The van der Waals surface area contributed by atoms with Gasteiger partial charge in [-0.1, -0.05) is 5.16 Å². The van der Waals surface area contributed by atoms with Gasteiger partial charge in [0.15, 0.2) is 5.84 Å². The highest BCUT2D eigenvalue weighted by Gasteiger charge is 2.20. The molecular formula is C14H25N5O. The number of anilines is 1. The van der Waals surface area contributed by atoms with Crippen molar-refractivity contribution in [2.45, 2.75) is 26.8 Å². The summed E-state index contributed by atoms with van der Waals surface area (Å²) in [7, 11) is 4.08. The van der Waals surface area contributed by atoms with Crippen LogP contribution in [0.5, 0.6) is 0 Å². The molecule has 0 aromatic carbocycles. The maximum absolute atomic E-state index is 8.93.